The molecule has 0 aliphatic heterocycles. The van der Waals surface area contributed by atoms with Gasteiger partial charge in [0.25, 0.3) is 12.6 Å². The van der Waals surface area contributed by atoms with E-state index in [-0.39, 0.29) is 11.1 Å². The first kappa shape index (κ1) is 19.1. The first-order valence-electron chi connectivity index (χ1n) is 7.67. The lowest BCUT2D eigenvalue weighted by molar-refractivity contribution is -0.209. The lowest BCUT2D eigenvalue weighted by Gasteiger charge is -2.18. The molecule has 0 radical (unpaired) electrons. The van der Waals surface area contributed by atoms with Gasteiger partial charge in [-0.1, -0.05) is 49.6 Å². The average molecular weight is 354 g/mol. The zero-order valence-corrected chi connectivity index (χ0v) is 13.9. The number of hydrogen-bond donors (Lipinski definition) is 2. The quantitative estimate of drug-likeness (QED) is 0.586. The highest BCUT2D eigenvalue weighted by Gasteiger charge is 2.25. The molecule has 6 heteroatoms. The molecule has 2 rings (SSSR count). The van der Waals surface area contributed by atoms with Gasteiger partial charge < -0.3 is 19.7 Å². The summed E-state index contributed by atoms with van der Waals surface area (Å²) in [5, 5.41) is 19.5. The van der Waals surface area contributed by atoms with Gasteiger partial charge in [0.1, 0.15) is 0 Å². The fourth-order valence-corrected chi connectivity index (χ4v) is 1.98. The molecule has 0 fully saturated rings. The maximum Gasteiger partial charge on any atom is 0.340 e. The molecule has 26 heavy (non-hydrogen) atoms. The number of rotatable bonds is 7. The molecule has 0 aliphatic carbocycles. The first-order valence-corrected chi connectivity index (χ1v) is 7.67. The van der Waals surface area contributed by atoms with Gasteiger partial charge in [0.15, 0.2) is 0 Å². The molecule has 2 aromatic rings. The lowest BCUT2D eigenvalue weighted by atomic mass is 10.1. The topological polar surface area (TPSA) is 93.1 Å². The Labute approximate surface area is 150 Å². The van der Waals surface area contributed by atoms with Crippen LogP contribution in [0.1, 0.15) is 31.8 Å². The molecule has 2 N–H and O–H groups in total. The van der Waals surface area contributed by atoms with Crippen molar-refractivity contribution in [2.24, 2.45) is 0 Å². The molecule has 0 aliphatic rings. The molecule has 0 spiro atoms. The Morgan fingerprint density at radius 2 is 1.04 bits per heavy atom. The maximum absolute atomic E-state index is 11.9. The fourth-order valence-electron chi connectivity index (χ4n) is 1.98. The predicted octanol–water partition coefficient (Wildman–Crippen LogP) is 2.62. The molecule has 0 saturated heterocycles. The Balaban J connectivity index is 1.93. The minimum Gasteiger partial charge on any atom is -0.425 e. The summed E-state index contributed by atoms with van der Waals surface area (Å²) in [4.78, 5) is 23.8. The Hall–Kier alpha value is -3.22. The van der Waals surface area contributed by atoms with Crippen LogP contribution in [0.4, 0.5) is 0 Å². The Morgan fingerprint density at radius 1 is 0.731 bits per heavy atom. The van der Waals surface area contributed by atoms with Crippen LogP contribution >= 0.6 is 0 Å². The summed E-state index contributed by atoms with van der Waals surface area (Å²) in [6, 6.07) is 12.5. The zero-order valence-electron chi connectivity index (χ0n) is 13.9. The van der Waals surface area contributed by atoms with E-state index in [1.165, 1.54) is 24.3 Å². The van der Waals surface area contributed by atoms with Crippen molar-refractivity contribution in [2.45, 2.75) is 12.6 Å². The number of carbonyl (C=O) groups excluding carboxylic acids is 2. The standard InChI is InChI=1S/C20H18O6/c1-3-13-5-9-15(10-6-13)17(21)25-19(23)20(24)26-18(22)16-11-7-14(4-2)8-12-16/h3-12,19-20,23-24H,1-2H2/t19-,20-/m0/s1. The average Bonchev–Trinajstić information content (AvgIpc) is 2.67. The Bertz CT molecular complexity index is 723. The largest absolute Gasteiger partial charge is 0.425 e. The van der Waals surface area contributed by atoms with Crippen LogP contribution in [0, 0.1) is 0 Å². The van der Waals surface area contributed by atoms with Crippen LogP contribution in [-0.4, -0.2) is 34.7 Å². The van der Waals surface area contributed by atoms with E-state index in [0.29, 0.717) is 0 Å². The van der Waals surface area contributed by atoms with Crippen molar-refractivity contribution in [3.05, 3.63) is 83.9 Å². The number of carbonyl (C=O) groups is 2. The van der Waals surface area contributed by atoms with Crippen molar-refractivity contribution in [1.82, 2.24) is 0 Å². The van der Waals surface area contributed by atoms with Crippen LogP contribution in [0.25, 0.3) is 12.2 Å². The molecule has 2 aromatic carbocycles. The highest BCUT2D eigenvalue weighted by atomic mass is 16.7. The van der Waals surface area contributed by atoms with Gasteiger partial charge in [-0.2, -0.15) is 0 Å². The van der Waals surface area contributed by atoms with E-state index in [4.69, 9.17) is 9.47 Å². The lowest BCUT2D eigenvalue weighted by Crippen LogP contribution is -2.35. The molecule has 6 nitrogen and oxygen atoms in total. The third-order valence-corrected chi connectivity index (χ3v) is 3.46. The second kappa shape index (κ2) is 8.75. The van der Waals surface area contributed by atoms with Gasteiger partial charge in [-0.15, -0.1) is 0 Å². The molecular formula is C20H18O6. The van der Waals surface area contributed by atoms with Gasteiger partial charge in [-0.25, -0.2) is 9.59 Å². The number of aliphatic hydroxyl groups is 2. The van der Waals surface area contributed by atoms with E-state index >= 15 is 0 Å². The van der Waals surface area contributed by atoms with Crippen molar-refractivity contribution in [2.75, 3.05) is 0 Å². The number of aliphatic hydroxyl groups excluding tert-OH is 2. The SMILES string of the molecule is C=Cc1ccc(C(=O)O[C@H](O)[C@@H](O)OC(=O)c2ccc(C=C)cc2)cc1. The maximum atomic E-state index is 11.9. The van der Waals surface area contributed by atoms with Crippen LogP contribution in [-0.2, 0) is 9.47 Å². The van der Waals surface area contributed by atoms with E-state index in [0.717, 1.165) is 11.1 Å². The van der Waals surface area contributed by atoms with E-state index in [9.17, 15) is 19.8 Å². The molecule has 0 heterocycles. The summed E-state index contributed by atoms with van der Waals surface area (Å²) in [6.45, 7) is 7.19. The molecule has 0 amide bonds. The molecular weight excluding hydrogens is 336 g/mol. The van der Waals surface area contributed by atoms with E-state index in [1.54, 1.807) is 36.4 Å². The zero-order chi connectivity index (χ0) is 19.1. The monoisotopic (exact) mass is 354 g/mol. The van der Waals surface area contributed by atoms with Crippen LogP contribution in [0.2, 0.25) is 0 Å². The minimum absolute atomic E-state index is 0.160. The Morgan fingerprint density at radius 3 is 1.31 bits per heavy atom. The highest BCUT2D eigenvalue weighted by Crippen LogP contribution is 2.12. The van der Waals surface area contributed by atoms with Gasteiger partial charge >= 0.3 is 11.9 Å². The first-order chi connectivity index (χ1) is 12.4. The second-order valence-corrected chi connectivity index (χ2v) is 5.24. The molecule has 2 atom stereocenters. The predicted molar refractivity (Wildman–Crippen MR) is 95.9 cm³/mol. The van der Waals surface area contributed by atoms with Crippen LogP contribution in [0.15, 0.2) is 61.7 Å². The van der Waals surface area contributed by atoms with Gasteiger partial charge in [-0.05, 0) is 35.4 Å². The van der Waals surface area contributed by atoms with Crippen molar-refractivity contribution in [3.63, 3.8) is 0 Å². The van der Waals surface area contributed by atoms with Crippen LogP contribution < -0.4 is 0 Å². The molecule has 0 saturated carbocycles. The number of benzene rings is 2. The number of esters is 2. The second-order valence-electron chi connectivity index (χ2n) is 5.24. The Kier molecular flexibility index (Phi) is 6.43. The van der Waals surface area contributed by atoms with Crippen molar-refractivity contribution in [3.8, 4) is 0 Å². The molecule has 134 valence electrons. The summed E-state index contributed by atoms with van der Waals surface area (Å²) in [5.74, 6) is -1.75. The van der Waals surface area contributed by atoms with Crippen molar-refractivity contribution in [1.29, 1.82) is 0 Å². The molecule has 0 aromatic heterocycles. The van der Waals surface area contributed by atoms with Crippen LogP contribution in [0.5, 0.6) is 0 Å². The third kappa shape index (κ3) is 4.89. The normalized spacial score (nSPS) is 12.5. The van der Waals surface area contributed by atoms with E-state index in [1.807, 2.05) is 0 Å². The summed E-state index contributed by atoms with van der Waals surface area (Å²) in [5.41, 5.74) is 1.93. The van der Waals surface area contributed by atoms with E-state index in [2.05, 4.69) is 13.2 Å². The van der Waals surface area contributed by atoms with Crippen molar-refractivity contribution < 1.29 is 29.3 Å². The summed E-state index contributed by atoms with van der Waals surface area (Å²) >= 11 is 0. The van der Waals surface area contributed by atoms with Gasteiger partial charge in [-0.3, -0.25) is 0 Å². The molecule has 0 bridgehead atoms. The fraction of sp³-hybridized carbons (Fsp3) is 0.100. The van der Waals surface area contributed by atoms with Gasteiger partial charge in [0.2, 0.25) is 0 Å². The van der Waals surface area contributed by atoms with Crippen molar-refractivity contribution >= 4 is 24.1 Å². The smallest absolute Gasteiger partial charge is 0.340 e. The number of ether oxygens (including phenoxy) is 2. The summed E-state index contributed by atoms with van der Waals surface area (Å²) in [6.07, 6.45) is -0.847. The summed E-state index contributed by atoms with van der Waals surface area (Å²) < 4.78 is 9.39. The third-order valence-electron chi connectivity index (χ3n) is 3.46. The number of hydrogen-bond acceptors (Lipinski definition) is 6. The van der Waals surface area contributed by atoms with Gasteiger partial charge in [0.05, 0.1) is 11.1 Å². The molecule has 0 unspecified atom stereocenters. The van der Waals surface area contributed by atoms with E-state index < -0.39 is 24.5 Å². The minimum atomic E-state index is -2.03. The summed E-state index contributed by atoms with van der Waals surface area (Å²) in [7, 11) is 0. The van der Waals surface area contributed by atoms with Gasteiger partial charge in [0, 0.05) is 0 Å². The van der Waals surface area contributed by atoms with Crippen LogP contribution in [0.3, 0.4) is 0 Å². The highest BCUT2D eigenvalue weighted by molar-refractivity contribution is 5.90.